The van der Waals surface area contributed by atoms with Crippen LogP contribution in [0.5, 0.6) is 5.75 Å². The zero-order valence-electron chi connectivity index (χ0n) is 10.2. The monoisotopic (exact) mass is 239 g/mol. The third-order valence-corrected chi connectivity index (χ3v) is 2.61. The van der Waals surface area contributed by atoms with Gasteiger partial charge in [-0.2, -0.15) is 0 Å². The maximum atomic E-state index is 13.0. The summed E-state index contributed by atoms with van der Waals surface area (Å²) in [5.41, 5.74) is 0.0551. The fraction of sp³-hybridized carbons (Fsp3) is 0.462. The van der Waals surface area contributed by atoms with Crippen LogP contribution in [-0.2, 0) is 0 Å². The second kappa shape index (κ2) is 6.35. The van der Waals surface area contributed by atoms with Gasteiger partial charge in [0.2, 0.25) is 0 Å². The van der Waals surface area contributed by atoms with Crippen molar-refractivity contribution in [2.45, 2.75) is 20.3 Å². The van der Waals surface area contributed by atoms with Crippen molar-refractivity contribution in [3.63, 3.8) is 0 Å². The average Bonchev–Trinajstić information content (AvgIpc) is 2.31. The number of benzene rings is 1. The van der Waals surface area contributed by atoms with Crippen molar-refractivity contribution in [1.29, 1.82) is 0 Å². The number of phenols is 1. The number of hydrogen-bond acceptors (Lipinski definition) is 3. The summed E-state index contributed by atoms with van der Waals surface area (Å²) in [5, 5.41) is 9.51. The number of halogens is 1. The van der Waals surface area contributed by atoms with Gasteiger partial charge in [-0.25, -0.2) is 4.39 Å². The smallest absolute Gasteiger partial charge is 0.180 e. The van der Waals surface area contributed by atoms with Gasteiger partial charge < -0.3 is 5.11 Å². The lowest BCUT2D eigenvalue weighted by Gasteiger charge is -2.18. The van der Waals surface area contributed by atoms with E-state index in [0.29, 0.717) is 0 Å². The molecule has 1 N–H and O–H groups in total. The van der Waals surface area contributed by atoms with E-state index in [9.17, 15) is 14.3 Å². The van der Waals surface area contributed by atoms with Crippen LogP contribution in [0.1, 0.15) is 30.6 Å². The lowest BCUT2D eigenvalue weighted by atomic mass is 10.1. The summed E-state index contributed by atoms with van der Waals surface area (Å²) in [7, 11) is 0. The van der Waals surface area contributed by atoms with Crippen LogP contribution in [0.25, 0.3) is 0 Å². The highest BCUT2D eigenvalue weighted by Crippen LogP contribution is 2.18. The first kappa shape index (κ1) is 13.6. The van der Waals surface area contributed by atoms with E-state index in [2.05, 4.69) is 0 Å². The maximum Gasteiger partial charge on any atom is 0.180 e. The summed E-state index contributed by atoms with van der Waals surface area (Å²) in [6, 6.07) is 3.42. The van der Waals surface area contributed by atoms with Crippen molar-refractivity contribution in [3.8, 4) is 5.75 Å². The Kier molecular flexibility index (Phi) is 5.10. The van der Waals surface area contributed by atoms with Crippen LogP contribution in [0.15, 0.2) is 18.2 Å². The minimum absolute atomic E-state index is 0.0551. The third kappa shape index (κ3) is 3.82. The predicted octanol–water partition coefficient (Wildman–Crippen LogP) is 2.45. The van der Waals surface area contributed by atoms with E-state index in [1.54, 1.807) is 0 Å². The van der Waals surface area contributed by atoms with Gasteiger partial charge in [-0.05, 0) is 37.7 Å². The molecule has 0 radical (unpaired) electrons. The number of likely N-dealkylation sites (N-methyl/N-ethyl adjacent to an activating group) is 1. The molecule has 94 valence electrons. The van der Waals surface area contributed by atoms with Crippen LogP contribution in [0, 0.1) is 5.82 Å². The van der Waals surface area contributed by atoms with Crippen LogP contribution >= 0.6 is 0 Å². The van der Waals surface area contributed by atoms with Crippen molar-refractivity contribution in [1.82, 2.24) is 4.90 Å². The molecular weight excluding hydrogens is 221 g/mol. The first-order valence-corrected chi connectivity index (χ1v) is 5.82. The lowest BCUT2D eigenvalue weighted by Crippen LogP contribution is -2.30. The largest absolute Gasteiger partial charge is 0.507 e. The van der Waals surface area contributed by atoms with Gasteiger partial charge in [0.15, 0.2) is 5.78 Å². The number of aromatic hydroxyl groups is 1. The second-order valence-electron chi connectivity index (χ2n) is 3.95. The highest BCUT2D eigenvalue weighted by Gasteiger charge is 2.15. The van der Waals surface area contributed by atoms with E-state index in [1.807, 2.05) is 18.7 Å². The van der Waals surface area contributed by atoms with E-state index in [4.69, 9.17) is 0 Å². The molecule has 0 atom stereocenters. The Morgan fingerprint density at radius 2 is 2.12 bits per heavy atom. The molecule has 0 fully saturated rings. The summed E-state index contributed by atoms with van der Waals surface area (Å²) in [6.07, 6.45) is 0.955. The molecule has 0 unspecified atom stereocenters. The summed E-state index contributed by atoms with van der Waals surface area (Å²) in [4.78, 5) is 13.9. The number of phenolic OH excluding ortho intramolecular Hbond substituents is 1. The Bertz CT molecular complexity index is 393. The highest BCUT2D eigenvalue weighted by molar-refractivity contribution is 5.99. The summed E-state index contributed by atoms with van der Waals surface area (Å²) < 4.78 is 13.0. The molecule has 0 aliphatic rings. The molecule has 0 saturated carbocycles. The number of hydrogen-bond donors (Lipinski definition) is 1. The number of carbonyl (C=O) groups excluding carboxylic acids is 1. The topological polar surface area (TPSA) is 40.5 Å². The Balaban J connectivity index is 2.78. The molecule has 0 bridgehead atoms. The van der Waals surface area contributed by atoms with Crippen molar-refractivity contribution in [3.05, 3.63) is 29.6 Å². The first-order chi connectivity index (χ1) is 8.08. The molecule has 1 aromatic carbocycles. The molecule has 0 saturated heterocycles. The van der Waals surface area contributed by atoms with Gasteiger partial charge in [0.05, 0.1) is 12.1 Å². The molecule has 1 aromatic rings. The van der Waals surface area contributed by atoms with Gasteiger partial charge in [0.1, 0.15) is 11.6 Å². The predicted molar refractivity (Wildman–Crippen MR) is 64.8 cm³/mol. The van der Waals surface area contributed by atoms with Crippen LogP contribution in [0.3, 0.4) is 0 Å². The van der Waals surface area contributed by atoms with E-state index in [1.165, 1.54) is 6.07 Å². The normalized spacial score (nSPS) is 10.8. The van der Waals surface area contributed by atoms with Gasteiger partial charge in [-0.15, -0.1) is 0 Å². The van der Waals surface area contributed by atoms with Gasteiger partial charge in [0.25, 0.3) is 0 Å². The number of rotatable bonds is 6. The molecule has 4 heteroatoms. The lowest BCUT2D eigenvalue weighted by molar-refractivity contribution is 0.0931. The highest BCUT2D eigenvalue weighted by atomic mass is 19.1. The molecule has 3 nitrogen and oxygen atoms in total. The van der Waals surface area contributed by atoms with Gasteiger partial charge in [-0.3, -0.25) is 9.69 Å². The Labute approximate surface area is 101 Å². The Morgan fingerprint density at radius 3 is 2.71 bits per heavy atom. The average molecular weight is 239 g/mol. The molecule has 0 aliphatic carbocycles. The molecule has 0 spiro atoms. The molecule has 0 aromatic heterocycles. The molecule has 0 heterocycles. The fourth-order valence-electron chi connectivity index (χ4n) is 1.69. The van der Waals surface area contributed by atoms with Gasteiger partial charge in [-0.1, -0.05) is 13.8 Å². The first-order valence-electron chi connectivity index (χ1n) is 5.82. The van der Waals surface area contributed by atoms with Crippen LogP contribution in [-0.4, -0.2) is 35.4 Å². The number of Topliss-reactive ketones (excluding diaryl/α,β-unsaturated/α-hetero) is 1. The molecule has 17 heavy (non-hydrogen) atoms. The Hall–Kier alpha value is -1.42. The second-order valence-corrected chi connectivity index (χ2v) is 3.95. The molecule has 0 aliphatic heterocycles. The van der Waals surface area contributed by atoms with Gasteiger partial charge in [0, 0.05) is 0 Å². The third-order valence-electron chi connectivity index (χ3n) is 2.61. The fourth-order valence-corrected chi connectivity index (χ4v) is 1.69. The van der Waals surface area contributed by atoms with Crippen molar-refractivity contribution in [2.24, 2.45) is 0 Å². The van der Waals surface area contributed by atoms with E-state index in [-0.39, 0.29) is 23.6 Å². The van der Waals surface area contributed by atoms with Crippen molar-refractivity contribution >= 4 is 5.78 Å². The minimum Gasteiger partial charge on any atom is -0.507 e. The maximum absolute atomic E-state index is 13.0. The van der Waals surface area contributed by atoms with Gasteiger partial charge >= 0.3 is 0 Å². The van der Waals surface area contributed by atoms with Crippen molar-refractivity contribution < 1.29 is 14.3 Å². The molecular formula is C13H18FNO2. The zero-order chi connectivity index (χ0) is 12.8. The van der Waals surface area contributed by atoms with Crippen molar-refractivity contribution in [2.75, 3.05) is 19.6 Å². The quantitative estimate of drug-likeness (QED) is 0.775. The molecule has 1 rings (SSSR count). The molecule has 0 amide bonds. The van der Waals surface area contributed by atoms with E-state index >= 15 is 0 Å². The summed E-state index contributed by atoms with van der Waals surface area (Å²) in [6.45, 7) is 5.79. The number of nitrogens with zero attached hydrogens (tertiary/aromatic N) is 1. The van der Waals surface area contributed by atoms with Crippen LogP contribution < -0.4 is 0 Å². The standard InChI is InChI=1S/C13H18FNO2/c1-3-7-15(4-2)9-13(17)11-8-10(14)5-6-12(11)16/h5-6,8,16H,3-4,7,9H2,1-2H3. The van der Waals surface area contributed by atoms with Crippen LogP contribution in [0.2, 0.25) is 0 Å². The minimum atomic E-state index is -0.510. The summed E-state index contributed by atoms with van der Waals surface area (Å²) in [5.74, 6) is -0.925. The number of ketones is 1. The Morgan fingerprint density at radius 1 is 1.41 bits per heavy atom. The summed E-state index contributed by atoms with van der Waals surface area (Å²) >= 11 is 0. The van der Waals surface area contributed by atoms with E-state index in [0.717, 1.165) is 31.6 Å². The van der Waals surface area contributed by atoms with Crippen LogP contribution in [0.4, 0.5) is 4.39 Å². The zero-order valence-corrected chi connectivity index (χ0v) is 10.2. The number of carbonyl (C=O) groups is 1. The van der Waals surface area contributed by atoms with E-state index < -0.39 is 5.82 Å². The SMILES string of the molecule is CCCN(CC)CC(=O)c1cc(F)ccc1O.